The number of amides is 2. The van der Waals surface area contributed by atoms with Crippen LogP contribution in [-0.4, -0.2) is 75.8 Å². The smallest absolute Gasteiger partial charge is 0.475 e. The van der Waals surface area contributed by atoms with Crippen LogP contribution in [-0.2, 0) is 9.53 Å². The Hall–Kier alpha value is -3.93. The molecule has 3 N–H and O–H groups in total. The van der Waals surface area contributed by atoms with E-state index in [-0.39, 0.29) is 17.4 Å². The van der Waals surface area contributed by atoms with Crippen molar-refractivity contribution in [3.63, 3.8) is 0 Å². The molecular weight excluding hydrogens is 493 g/mol. The van der Waals surface area contributed by atoms with Gasteiger partial charge in [0.05, 0.1) is 13.1 Å². The summed E-state index contributed by atoms with van der Waals surface area (Å²) in [5, 5.41) is 11.1. The summed E-state index contributed by atoms with van der Waals surface area (Å²) < 4.78 is 37.8. The minimum atomic E-state index is -5.08. The van der Waals surface area contributed by atoms with Crippen molar-refractivity contribution in [3.05, 3.63) is 66.1 Å². The maximum Gasteiger partial charge on any atom is 0.490 e. The molecule has 1 atom stereocenters. The Morgan fingerprint density at radius 3 is 2.49 bits per heavy atom. The highest BCUT2D eigenvalue weighted by molar-refractivity contribution is 5.98. The van der Waals surface area contributed by atoms with Crippen LogP contribution in [0, 0.1) is 5.92 Å². The van der Waals surface area contributed by atoms with Gasteiger partial charge in [-0.25, -0.2) is 4.79 Å². The summed E-state index contributed by atoms with van der Waals surface area (Å²) in [5.41, 5.74) is 1.92. The summed E-state index contributed by atoms with van der Waals surface area (Å²) in [4.78, 5) is 43.0. The average molecular weight is 518 g/mol. The number of alkyl halides is 3. The van der Waals surface area contributed by atoms with E-state index in [1.807, 2.05) is 35.2 Å². The highest BCUT2D eigenvalue weighted by Crippen LogP contribution is 2.42. The number of carbonyl (C=O) groups excluding carboxylic acids is 2. The second kappa shape index (κ2) is 10.6. The molecule has 4 heterocycles. The van der Waals surface area contributed by atoms with Crippen molar-refractivity contribution in [2.75, 3.05) is 26.2 Å². The first kappa shape index (κ1) is 26.1. The lowest BCUT2D eigenvalue weighted by molar-refractivity contribution is -0.192. The van der Waals surface area contributed by atoms with Gasteiger partial charge in [-0.3, -0.25) is 14.6 Å². The number of aromatic amines is 1. The van der Waals surface area contributed by atoms with Gasteiger partial charge >= 0.3 is 12.1 Å². The SMILES string of the molecule is O=C(NCCC1CCOC12CN(C(=O)c1cc3ccccc3[nH]1)C2)c1ccncc1.O=C(O)C(F)(F)F. The van der Waals surface area contributed by atoms with Crippen molar-refractivity contribution in [3.8, 4) is 0 Å². The summed E-state index contributed by atoms with van der Waals surface area (Å²) >= 11 is 0. The van der Waals surface area contributed by atoms with E-state index in [1.165, 1.54) is 0 Å². The van der Waals surface area contributed by atoms with Crippen molar-refractivity contribution in [1.82, 2.24) is 20.2 Å². The molecule has 9 nitrogen and oxygen atoms in total. The van der Waals surface area contributed by atoms with Gasteiger partial charge in [0.25, 0.3) is 11.8 Å². The van der Waals surface area contributed by atoms with Crippen LogP contribution in [0.1, 0.15) is 33.7 Å². The minimum absolute atomic E-state index is 0.0112. The molecule has 12 heteroatoms. The molecule has 0 aliphatic carbocycles. The molecule has 2 aromatic heterocycles. The molecule has 0 bridgehead atoms. The van der Waals surface area contributed by atoms with E-state index in [9.17, 15) is 22.8 Å². The molecule has 2 amide bonds. The van der Waals surface area contributed by atoms with Crippen molar-refractivity contribution in [2.45, 2.75) is 24.6 Å². The van der Waals surface area contributed by atoms with Crippen molar-refractivity contribution < 1.29 is 37.4 Å². The quantitative estimate of drug-likeness (QED) is 0.476. The fourth-order valence-electron chi connectivity index (χ4n) is 4.61. The number of fused-ring (bicyclic) bond motifs is 1. The molecule has 2 saturated heterocycles. The summed E-state index contributed by atoms with van der Waals surface area (Å²) in [5.74, 6) is -2.50. The first-order valence-electron chi connectivity index (χ1n) is 11.6. The molecule has 196 valence electrons. The zero-order valence-corrected chi connectivity index (χ0v) is 19.6. The van der Waals surface area contributed by atoms with Gasteiger partial charge in [0.2, 0.25) is 0 Å². The number of hydrogen-bond acceptors (Lipinski definition) is 5. The monoisotopic (exact) mass is 518 g/mol. The first-order chi connectivity index (χ1) is 17.6. The van der Waals surface area contributed by atoms with Gasteiger partial charge in [-0.05, 0) is 43.0 Å². The molecule has 2 aliphatic rings. The van der Waals surface area contributed by atoms with Crippen LogP contribution in [0.2, 0.25) is 0 Å². The molecule has 0 radical (unpaired) electrons. The Morgan fingerprint density at radius 2 is 1.84 bits per heavy atom. The number of para-hydroxylation sites is 1. The fraction of sp³-hybridized carbons (Fsp3) is 0.360. The fourth-order valence-corrected chi connectivity index (χ4v) is 4.61. The van der Waals surface area contributed by atoms with Crippen molar-refractivity contribution >= 4 is 28.7 Å². The van der Waals surface area contributed by atoms with E-state index in [2.05, 4.69) is 15.3 Å². The maximum atomic E-state index is 12.9. The number of nitrogens with zero attached hydrogens (tertiary/aromatic N) is 2. The number of rotatable bonds is 5. The van der Waals surface area contributed by atoms with Crippen LogP contribution in [0.4, 0.5) is 13.2 Å². The third-order valence-electron chi connectivity index (χ3n) is 6.53. The van der Waals surface area contributed by atoms with Crippen molar-refractivity contribution in [2.24, 2.45) is 5.92 Å². The van der Waals surface area contributed by atoms with Gasteiger partial charge < -0.3 is 25.0 Å². The topological polar surface area (TPSA) is 125 Å². The molecule has 0 saturated carbocycles. The maximum absolute atomic E-state index is 12.9. The second-order valence-corrected chi connectivity index (χ2v) is 8.91. The van der Waals surface area contributed by atoms with Crippen LogP contribution in [0.5, 0.6) is 0 Å². The number of hydrogen-bond donors (Lipinski definition) is 3. The Balaban J connectivity index is 0.000000405. The number of nitrogens with one attached hydrogen (secondary N) is 2. The molecule has 3 aromatic rings. The average Bonchev–Trinajstić information content (AvgIpc) is 3.47. The Kier molecular flexibility index (Phi) is 7.48. The molecule has 1 spiro atoms. The molecule has 2 aliphatic heterocycles. The van der Waals surface area contributed by atoms with E-state index in [0.717, 1.165) is 23.7 Å². The normalized spacial score (nSPS) is 18.1. The highest BCUT2D eigenvalue weighted by Gasteiger charge is 2.54. The lowest BCUT2D eigenvalue weighted by Gasteiger charge is -2.50. The van der Waals surface area contributed by atoms with E-state index in [4.69, 9.17) is 14.6 Å². The number of carbonyl (C=O) groups is 3. The predicted octanol–water partition coefficient (Wildman–Crippen LogP) is 3.25. The number of likely N-dealkylation sites (tertiary alicyclic amines) is 1. The van der Waals surface area contributed by atoms with Crippen LogP contribution in [0.15, 0.2) is 54.9 Å². The Bertz CT molecular complexity index is 1240. The number of halogens is 3. The Morgan fingerprint density at radius 1 is 1.16 bits per heavy atom. The van der Waals surface area contributed by atoms with Gasteiger partial charge in [-0.15, -0.1) is 0 Å². The second-order valence-electron chi connectivity index (χ2n) is 8.91. The molecule has 5 rings (SSSR count). The zero-order chi connectivity index (χ0) is 26.6. The van der Waals surface area contributed by atoms with Gasteiger partial charge in [0.15, 0.2) is 0 Å². The predicted molar refractivity (Wildman–Crippen MR) is 126 cm³/mol. The van der Waals surface area contributed by atoms with Gasteiger partial charge in [-0.2, -0.15) is 13.2 Å². The van der Waals surface area contributed by atoms with Gasteiger partial charge in [-0.1, -0.05) is 18.2 Å². The van der Waals surface area contributed by atoms with E-state index >= 15 is 0 Å². The highest BCUT2D eigenvalue weighted by atomic mass is 19.4. The molecule has 2 fully saturated rings. The molecule has 1 aromatic carbocycles. The third-order valence-corrected chi connectivity index (χ3v) is 6.53. The number of carboxylic acid groups (broad SMARTS) is 1. The number of carboxylic acids is 1. The van der Waals surface area contributed by atoms with Crippen LogP contribution in [0.3, 0.4) is 0 Å². The van der Waals surface area contributed by atoms with E-state index in [1.54, 1.807) is 24.5 Å². The number of H-pyrrole nitrogens is 1. The largest absolute Gasteiger partial charge is 0.490 e. The zero-order valence-electron chi connectivity index (χ0n) is 19.6. The summed E-state index contributed by atoms with van der Waals surface area (Å²) in [6.45, 7) is 2.50. The number of benzene rings is 1. The Labute approximate surface area is 209 Å². The molecular formula is C25H25F3N4O5. The van der Waals surface area contributed by atoms with Crippen molar-refractivity contribution in [1.29, 1.82) is 0 Å². The number of ether oxygens (including phenoxy) is 1. The van der Waals surface area contributed by atoms with Crippen LogP contribution >= 0.6 is 0 Å². The van der Waals surface area contributed by atoms with E-state index < -0.39 is 12.1 Å². The van der Waals surface area contributed by atoms with Crippen LogP contribution in [0.25, 0.3) is 10.9 Å². The first-order valence-corrected chi connectivity index (χ1v) is 11.6. The van der Waals surface area contributed by atoms with Gasteiger partial charge in [0, 0.05) is 42.0 Å². The lowest BCUT2D eigenvalue weighted by Crippen LogP contribution is -2.66. The number of aliphatic carboxylic acids is 1. The van der Waals surface area contributed by atoms with Gasteiger partial charge in [0.1, 0.15) is 11.3 Å². The third kappa shape index (κ3) is 5.91. The standard InChI is InChI=1S/C23H24N4O3.C2HF3O2/c28-21(16-5-9-24-10-6-16)25-11-7-18-8-12-30-23(18)14-27(15-23)22(29)20-13-17-3-1-2-4-19(17)26-20;3-2(4,5)1(6)7/h1-6,9-10,13,18,26H,7-8,11-12,14-15H2,(H,25,28);(H,6,7). The lowest BCUT2D eigenvalue weighted by atomic mass is 9.78. The molecule has 1 unspecified atom stereocenters. The number of aromatic nitrogens is 2. The molecule has 37 heavy (non-hydrogen) atoms. The number of pyridine rings is 1. The minimum Gasteiger partial charge on any atom is -0.475 e. The summed E-state index contributed by atoms with van der Waals surface area (Å²) in [6.07, 6.45) is -0.0611. The van der Waals surface area contributed by atoms with Crippen LogP contribution < -0.4 is 5.32 Å². The van der Waals surface area contributed by atoms with E-state index in [0.29, 0.717) is 43.4 Å². The summed E-state index contributed by atoms with van der Waals surface area (Å²) in [6, 6.07) is 13.2. The summed E-state index contributed by atoms with van der Waals surface area (Å²) in [7, 11) is 0.